The second-order valence-corrected chi connectivity index (χ2v) is 2.27. The summed E-state index contributed by atoms with van der Waals surface area (Å²) in [6, 6.07) is 0. The second-order valence-electron chi connectivity index (χ2n) is 2.27. The number of aromatic amines is 1. The van der Waals surface area contributed by atoms with Crippen molar-refractivity contribution in [1.29, 1.82) is 0 Å². The first-order valence-electron chi connectivity index (χ1n) is 3.22. The van der Waals surface area contributed by atoms with E-state index in [0.717, 1.165) is 0 Å². The van der Waals surface area contributed by atoms with E-state index in [1.165, 1.54) is 0 Å². The van der Waals surface area contributed by atoms with Gasteiger partial charge >= 0.3 is 12.1 Å². The van der Waals surface area contributed by atoms with Crippen LogP contribution < -0.4 is 0 Å². The minimum absolute atomic E-state index is 0.00167. The van der Waals surface area contributed by atoms with E-state index in [-0.39, 0.29) is 6.29 Å². The van der Waals surface area contributed by atoms with Crippen LogP contribution in [0.1, 0.15) is 26.8 Å². The number of imidazole rings is 1. The highest BCUT2D eigenvalue weighted by Crippen LogP contribution is 2.30. The number of hydrogen-bond acceptors (Lipinski definition) is 3. The number of hydrogen-bond donors (Lipinski definition) is 2. The highest BCUT2D eigenvalue weighted by Gasteiger charge is 2.38. The molecule has 0 aliphatic carbocycles. The summed E-state index contributed by atoms with van der Waals surface area (Å²) in [5, 5.41) is 8.34. The molecular weight excluding hydrogens is 205 g/mol. The number of nitrogens with one attached hydrogen (secondary N) is 1. The van der Waals surface area contributed by atoms with Gasteiger partial charge in [0.2, 0.25) is 0 Å². The lowest BCUT2D eigenvalue weighted by Crippen LogP contribution is -2.12. The maximum Gasteiger partial charge on any atom is 0.433 e. The van der Waals surface area contributed by atoms with Crippen LogP contribution in [0.2, 0.25) is 0 Å². The molecule has 0 aliphatic rings. The summed E-state index contributed by atoms with van der Waals surface area (Å²) in [7, 11) is 0. The van der Waals surface area contributed by atoms with E-state index in [4.69, 9.17) is 5.11 Å². The summed E-state index contributed by atoms with van der Waals surface area (Å²) in [4.78, 5) is 24.9. The number of nitrogens with zero attached hydrogens (tertiary/aromatic N) is 1. The van der Waals surface area contributed by atoms with Gasteiger partial charge in [0.15, 0.2) is 23.5 Å². The molecular formula is C6H3F3N2O3. The fraction of sp³-hybridized carbons (Fsp3) is 0.167. The summed E-state index contributed by atoms with van der Waals surface area (Å²) in [6.45, 7) is 0. The fourth-order valence-electron chi connectivity index (χ4n) is 0.807. The third-order valence-corrected chi connectivity index (χ3v) is 1.32. The molecule has 0 radical (unpaired) electrons. The molecule has 5 nitrogen and oxygen atoms in total. The van der Waals surface area contributed by atoms with Crippen molar-refractivity contribution in [1.82, 2.24) is 9.97 Å². The molecule has 0 aliphatic heterocycles. The van der Waals surface area contributed by atoms with E-state index < -0.39 is 29.4 Å². The van der Waals surface area contributed by atoms with Crippen molar-refractivity contribution in [2.24, 2.45) is 0 Å². The van der Waals surface area contributed by atoms with Crippen molar-refractivity contribution in [3.8, 4) is 0 Å². The second kappa shape index (κ2) is 3.13. The first kappa shape index (κ1) is 10.2. The number of aldehydes is 1. The Hall–Kier alpha value is -1.86. The Kier molecular flexibility index (Phi) is 2.28. The first-order chi connectivity index (χ1) is 6.36. The Morgan fingerprint density at radius 2 is 2.07 bits per heavy atom. The molecule has 0 spiro atoms. The molecule has 1 rings (SSSR count). The molecule has 1 aromatic rings. The SMILES string of the molecule is O=Cc1nc(C(=O)O)c(C(F)(F)F)[nH]1. The van der Waals surface area contributed by atoms with Crippen molar-refractivity contribution in [3.05, 3.63) is 17.2 Å². The monoisotopic (exact) mass is 208 g/mol. The third kappa shape index (κ3) is 1.73. The summed E-state index contributed by atoms with van der Waals surface area (Å²) in [5.74, 6) is -2.52. The van der Waals surface area contributed by atoms with Gasteiger partial charge in [0.1, 0.15) is 0 Å². The number of H-pyrrole nitrogens is 1. The molecule has 2 N–H and O–H groups in total. The average Bonchev–Trinajstić information content (AvgIpc) is 2.46. The number of carbonyl (C=O) groups excluding carboxylic acids is 1. The Labute approximate surface area is 74.6 Å². The van der Waals surface area contributed by atoms with Crippen LogP contribution in [0.4, 0.5) is 13.2 Å². The summed E-state index contributed by atoms with van der Waals surface area (Å²) >= 11 is 0. The van der Waals surface area contributed by atoms with Gasteiger partial charge in [-0.15, -0.1) is 0 Å². The number of carboxylic acids is 1. The van der Waals surface area contributed by atoms with Crippen LogP contribution in [0.15, 0.2) is 0 Å². The van der Waals surface area contributed by atoms with Crippen LogP contribution in [-0.2, 0) is 6.18 Å². The standard InChI is InChI=1S/C6H3F3N2O3/c7-6(8,9)4-3(5(13)14)10-2(1-12)11-4/h1H,(H,10,11)(H,13,14). The van der Waals surface area contributed by atoms with E-state index in [0.29, 0.717) is 0 Å². The number of halogens is 3. The van der Waals surface area contributed by atoms with Crippen LogP contribution in [0.25, 0.3) is 0 Å². The average molecular weight is 208 g/mol. The van der Waals surface area contributed by atoms with Gasteiger partial charge in [0.25, 0.3) is 0 Å². The maximum atomic E-state index is 12.1. The van der Waals surface area contributed by atoms with Gasteiger partial charge in [0.05, 0.1) is 0 Å². The van der Waals surface area contributed by atoms with Crippen LogP contribution in [0.3, 0.4) is 0 Å². The topological polar surface area (TPSA) is 83.1 Å². The molecule has 0 saturated carbocycles. The fourth-order valence-corrected chi connectivity index (χ4v) is 0.807. The number of carboxylic acid groups (broad SMARTS) is 1. The number of aromatic nitrogens is 2. The van der Waals surface area contributed by atoms with Gasteiger partial charge in [0, 0.05) is 0 Å². The maximum absolute atomic E-state index is 12.1. The van der Waals surface area contributed by atoms with Gasteiger partial charge in [-0.1, -0.05) is 0 Å². The van der Waals surface area contributed by atoms with Crippen molar-refractivity contribution in [2.75, 3.05) is 0 Å². The lowest BCUT2D eigenvalue weighted by atomic mass is 10.3. The van der Waals surface area contributed by atoms with E-state index in [2.05, 4.69) is 4.98 Å². The predicted octanol–water partition coefficient (Wildman–Crippen LogP) is 0.939. The third-order valence-electron chi connectivity index (χ3n) is 1.32. The van der Waals surface area contributed by atoms with Crippen LogP contribution >= 0.6 is 0 Å². The number of aromatic carboxylic acids is 1. The van der Waals surface area contributed by atoms with Gasteiger partial charge in [-0.25, -0.2) is 9.78 Å². The summed E-state index contributed by atoms with van der Waals surface area (Å²) in [6.07, 6.45) is -4.87. The molecule has 0 aromatic carbocycles. The van der Waals surface area contributed by atoms with Gasteiger partial charge < -0.3 is 10.1 Å². The molecule has 0 amide bonds. The highest BCUT2D eigenvalue weighted by atomic mass is 19.4. The van der Waals surface area contributed by atoms with Gasteiger partial charge in [-0.2, -0.15) is 13.2 Å². The summed E-state index contributed by atoms with van der Waals surface area (Å²) in [5.41, 5.74) is -2.74. The Balaban J connectivity index is 3.33. The molecule has 0 fully saturated rings. The molecule has 14 heavy (non-hydrogen) atoms. The Bertz CT molecular complexity index is 382. The molecule has 0 bridgehead atoms. The number of alkyl halides is 3. The lowest BCUT2D eigenvalue weighted by Gasteiger charge is -2.02. The van der Waals surface area contributed by atoms with Crippen LogP contribution in [0.5, 0.6) is 0 Å². The minimum Gasteiger partial charge on any atom is -0.476 e. The van der Waals surface area contributed by atoms with Crippen molar-refractivity contribution in [2.45, 2.75) is 6.18 Å². The molecule has 1 aromatic heterocycles. The summed E-state index contributed by atoms with van der Waals surface area (Å²) < 4.78 is 36.3. The van der Waals surface area contributed by atoms with E-state index in [1.54, 1.807) is 4.98 Å². The van der Waals surface area contributed by atoms with E-state index in [1.807, 2.05) is 0 Å². The zero-order valence-electron chi connectivity index (χ0n) is 6.42. The molecule has 0 unspecified atom stereocenters. The smallest absolute Gasteiger partial charge is 0.433 e. The van der Waals surface area contributed by atoms with Crippen LogP contribution in [0, 0.1) is 0 Å². The predicted molar refractivity (Wildman–Crippen MR) is 35.9 cm³/mol. The Morgan fingerprint density at radius 3 is 2.36 bits per heavy atom. The van der Waals surface area contributed by atoms with E-state index >= 15 is 0 Å². The zero-order valence-corrected chi connectivity index (χ0v) is 6.42. The van der Waals surface area contributed by atoms with Crippen molar-refractivity contribution in [3.63, 3.8) is 0 Å². The molecule has 0 saturated heterocycles. The van der Waals surface area contributed by atoms with Gasteiger partial charge in [-0.3, -0.25) is 4.79 Å². The van der Waals surface area contributed by atoms with Crippen LogP contribution in [-0.4, -0.2) is 27.3 Å². The first-order valence-corrected chi connectivity index (χ1v) is 3.22. The van der Waals surface area contributed by atoms with E-state index in [9.17, 15) is 22.8 Å². The largest absolute Gasteiger partial charge is 0.476 e. The Morgan fingerprint density at radius 1 is 1.50 bits per heavy atom. The van der Waals surface area contributed by atoms with Gasteiger partial charge in [-0.05, 0) is 0 Å². The van der Waals surface area contributed by atoms with Crippen molar-refractivity contribution >= 4 is 12.3 Å². The minimum atomic E-state index is -4.87. The van der Waals surface area contributed by atoms with Crippen molar-refractivity contribution < 1.29 is 27.9 Å². The normalized spacial score (nSPS) is 11.4. The highest BCUT2D eigenvalue weighted by molar-refractivity contribution is 5.88. The molecule has 0 atom stereocenters. The molecule has 1 heterocycles. The zero-order chi connectivity index (χ0) is 10.9. The number of carbonyl (C=O) groups is 2. The lowest BCUT2D eigenvalue weighted by molar-refractivity contribution is -0.141. The molecule has 8 heteroatoms. The molecule has 76 valence electrons. The quantitative estimate of drug-likeness (QED) is 0.708. The number of rotatable bonds is 2.